The average Bonchev–Trinajstić information content (AvgIpc) is 2.74. The molecule has 21 heavy (non-hydrogen) atoms. The second kappa shape index (κ2) is 5.25. The van der Waals surface area contributed by atoms with Crippen LogP contribution < -0.4 is 5.46 Å². The monoisotopic (exact) mass is 286 g/mol. The minimum absolute atomic E-state index is 0.0675. The van der Waals surface area contributed by atoms with E-state index in [1.54, 1.807) is 11.9 Å². The fourth-order valence-electron chi connectivity index (χ4n) is 2.48. The lowest BCUT2D eigenvalue weighted by molar-refractivity contribution is -0.145. The minimum atomic E-state index is -0.987. The van der Waals surface area contributed by atoms with Gasteiger partial charge in [-0.3, -0.25) is 14.5 Å². The molecule has 108 valence electrons. The van der Waals surface area contributed by atoms with Crippen LogP contribution in [0.2, 0.25) is 0 Å². The highest BCUT2D eigenvalue weighted by Crippen LogP contribution is 2.12. The summed E-state index contributed by atoms with van der Waals surface area (Å²) in [5, 5.41) is 0. The SMILES string of the molecule is Cc1c(B2OC(=O)CN(C)CC(=O)O2)cn2ccccc12. The number of likely N-dealkylation sites (N-methyl/N-ethyl adjacent to an activating group) is 1. The van der Waals surface area contributed by atoms with E-state index in [2.05, 4.69) is 0 Å². The van der Waals surface area contributed by atoms with Gasteiger partial charge in [0.25, 0.3) is 0 Å². The molecule has 0 aromatic carbocycles. The number of rotatable bonds is 1. The third-order valence-electron chi connectivity index (χ3n) is 3.51. The maximum absolute atomic E-state index is 11.8. The van der Waals surface area contributed by atoms with Crippen molar-refractivity contribution in [3.63, 3.8) is 0 Å². The van der Waals surface area contributed by atoms with E-state index < -0.39 is 19.1 Å². The zero-order valence-electron chi connectivity index (χ0n) is 11.9. The van der Waals surface area contributed by atoms with Gasteiger partial charge in [0.1, 0.15) is 0 Å². The molecule has 3 rings (SSSR count). The number of hydrogen-bond donors (Lipinski definition) is 0. The highest BCUT2D eigenvalue weighted by Gasteiger charge is 2.36. The van der Waals surface area contributed by atoms with Crippen LogP contribution in [-0.4, -0.2) is 48.5 Å². The summed E-state index contributed by atoms with van der Waals surface area (Å²) in [6.07, 6.45) is 3.72. The van der Waals surface area contributed by atoms with Crippen LogP contribution in [0.15, 0.2) is 30.6 Å². The smallest absolute Gasteiger partial charge is 0.494 e. The standard InChI is InChI=1S/C14H15BN2O4/c1-10-11(7-17-6-4-3-5-12(10)17)15-20-13(18)8-16(2)9-14(19)21-15/h3-7H,8-9H2,1-2H3. The fourth-order valence-corrected chi connectivity index (χ4v) is 2.48. The van der Waals surface area contributed by atoms with Crippen LogP contribution >= 0.6 is 0 Å². The topological polar surface area (TPSA) is 60.2 Å². The van der Waals surface area contributed by atoms with Crippen molar-refractivity contribution in [1.82, 2.24) is 9.30 Å². The van der Waals surface area contributed by atoms with Gasteiger partial charge in [0.2, 0.25) is 0 Å². The lowest BCUT2D eigenvalue weighted by Crippen LogP contribution is -2.48. The van der Waals surface area contributed by atoms with Crippen LogP contribution in [0.25, 0.3) is 5.52 Å². The lowest BCUT2D eigenvalue weighted by atomic mass is 9.78. The van der Waals surface area contributed by atoms with E-state index in [1.165, 1.54) is 0 Å². The molecule has 0 unspecified atom stereocenters. The zero-order valence-corrected chi connectivity index (χ0v) is 11.9. The molecule has 6 nitrogen and oxygen atoms in total. The number of aromatic nitrogens is 1. The molecule has 2 aromatic rings. The van der Waals surface area contributed by atoms with Crippen molar-refractivity contribution < 1.29 is 18.9 Å². The fraction of sp³-hybridized carbons (Fsp3) is 0.286. The summed E-state index contributed by atoms with van der Waals surface area (Å²) in [7, 11) is 0.680. The van der Waals surface area contributed by atoms with E-state index >= 15 is 0 Å². The molecule has 0 N–H and O–H groups in total. The quantitative estimate of drug-likeness (QED) is 0.689. The first-order valence-corrected chi connectivity index (χ1v) is 6.68. The summed E-state index contributed by atoms with van der Waals surface area (Å²) in [6, 6.07) is 5.79. The molecular weight excluding hydrogens is 271 g/mol. The van der Waals surface area contributed by atoms with Gasteiger partial charge < -0.3 is 13.7 Å². The molecule has 0 spiro atoms. The maximum Gasteiger partial charge on any atom is 0.638 e. The molecule has 0 bridgehead atoms. The summed E-state index contributed by atoms with van der Waals surface area (Å²) in [4.78, 5) is 25.2. The largest absolute Gasteiger partial charge is 0.638 e. The number of carbonyl (C=O) groups excluding carboxylic acids is 2. The van der Waals surface area contributed by atoms with Crippen molar-refractivity contribution in [3.8, 4) is 0 Å². The van der Waals surface area contributed by atoms with Crippen molar-refractivity contribution in [2.24, 2.45) is 0 Å². The van der Waals surface area contributed by atoms with Crippen molar-refractivity contribution in [1.29, 1.82) is 0 Å². The Balaban J connectivity index is 1.98. The Labute approximate surface area is 122 Å². The van der Waals surface area contributed by atoms with Gasteiger partial charge >= 0.3 is 19.1 Å². The molecule has 1 aliphatic rings. The third-order valence-corrected chi connectivity index (χ3v) is 3.51. The van der Waals surface area contributed by atoms with Crippen LogP contribution in [0.5, 0.6) is 0 Å². The van der Waals surface area contributed by atoms with E-state index in [-0.39, 0.29) is 13.1 Å². The summed E-state index contributed by atoms with van der Waals surface area (Å²) in [5.41, 5.74) is 2.60. The molecule has 1 saturated heterocycles. The molecule has 1 aliphatic heterocycles. The first-order chi connectivity index (χ1) is 10.0. The third kappa shape index (κ3) is 2.64. The van der Waals surface area contributed by atoms with Crippen LogP contribution in [0.1, 0.15) is 5.56 Å². The predicted octanol–water partition coefficient (Wildman–Crippen LogP) is -0.0253. The predicted molar refractivity (Wildman–Crippen MR) is 77.2 cm³/mol. The normalized spacial score (nSPS) is 17.3. The zero-order chi connectivity index (χ0) is 15.0. The van der Waals surface area contributed by atoms with Gasteiger partial charge in [-0.15, -0.1) is 0 Å². The van der Waals surface area contributed by atoms with E-state index in [0.717, 1.165) is 11.1 Å². The second-order valence-corrected chi connectivity index (χ2v) is 5.19. The van der Waals surface area contributed by atoms with Crippen molar-refractivity contribution in [2.45, 2.75) is 6.92 Å². The summed E-state index contributed by atoms with van der Waals surface area (Å²) in [6.45, 7) is 2.05. The number of aryl methyl sites for hydroxylation is 1. The van der Waals surface area contributed by atoms with Gasteiger partial charge in [-0.2, -0.15) is 0 Å². The van der Waals surface area contributed by atoms with Gasteiger partial charge in [-0.25, -0.2) is 0 Å². The van der Waals surface area contributed by atoms with E-state index in [1.807, 2.05) is 41.9 Å². The summed E-state index contributed by atoms with van der Waals surface area (Å²) >= 11 is 0. The molecule has 0 amide bonds. The Bertz CT molecular complexity index is 692. The molecule has 3 heterocycles. The number of hydrogen-bond acceptors (Lipinski definition) is 5. The first kappa shape index (κ1) is 13.7. The number of carbonyl (C=O) groups is 2. The highest BCUT2D eigenvalue weighted by atomic mass is 16.6. The van der Waals surface area contributed by atoms with Crippen molar-refractivity contribution in [2.75, 3.05) is 20.1 Å². The van der Waals surface area contributed by atoms with Crippen LogP contribution in [0.4, 0.5) is 0 Å². The molecule has 1 fully saturated rings. The Morgan fingerprint density at radius 1 is 1.14 bits per heavy atom. The molecule has 0 aliphatic carbocycles. The van der Waals surface area contributed by atoms with E-state index in [0.29, 0.717) is 5.46 Å². The Morgan fingerprint density at radius 2 is 1.81 bits per heavy atom. The lowest BCUT2D eigenvalue weighted by Gasteiger charge is -2.22. The van der Waals surface area contributed by atoms with Crippen LogP contribution in [0.3, 0.4) is 0 Å². The Morgan fingerprint density at radius 3 is 2.43 bits per heavy atom. The Kier molecular flexibility index (Phi) is 3.43. The van der Waals surface area contributed by atoms with E-state index in [9.17, 15) is 9.59 Å². The van der Waals surface area contributed by atoms with Gasteiger partial charge in [-0.05, 0) is 31.7 Å². The van der Waals surface area contributed by atoms with Crippen LogP contribution in [-0.2, 0) is 18.9 Å². The van der Waals surface area contributed by atoms with Gasteiger partial charge in [-0.1, -0.05) is 6.07 Å². The van der Waals surface area contributed by atoms with Gasteiger partial charge in [0.15, 0.2) is 0 Å². The van der Waals surface area contributed by atoms with Crippen molar-refractivity contribution >= 4 is 30.0 Å². The summed E-state index contributed by atoms with van der Waals surface area (Å²) < 4.78 is 12.5. The van der Waals surface area contributed by atoms with Gasteiger partial charge in [0, 0.05) is 23.4 Å². The first-order valence-electron chi connectivity index (χ1n) is 6.68. The highest BCUT2D eigenvalue weighted by molar-refractivity contribution is 6.65. The molecule has 2 aromatic heterocycles. The van der Waals surface area contributed by atoms with E-state index in [4.69, 9.17) is 9.31 Å². The van der Waals surface area contributed by atoms with Crippen LogP contribution in [0, 0.1) is 6.92 Å². The minimum Gasteiger partial charge on any atom is -0.494 e. The number of pyridine rings is 1. The van der Waals surface area contributed by atoms with Gasteiger partial charge in [0.05, 0.1) is 13.1 Å². The molecule has 0 radical (unpaired) electrons. The number of fused-ring (bicyclic) bond motifs is 1. The average molecular weight is 286 g/mol. The molecular formula is C14H15BN2O4. The molecule has 0 atom stereocenters. The molecule has 0 saturated carbocycles. The molecule has 7 heteroatoms. The second-order valence-electron chi connectivity index (χ2n) is 5.19. The Hall–Kier alpha value is -2.28. The number of nitrogens with zero attached hydrogens (tertiary/aromatic N) is 2. The van der Waals surface area contributed by atoms with Crippen molar-refractivity contribution in [3.05, 3.63) is 36.2 Å². The summed E-state index contributed by atoms with van der Waals surface area (Å²) in [5.74, 6) is -0.825. The maximum atomic E-state index is 11.8.